The highest BCUT2D eigenvalue weighted by molar-refractivity contribution is 6.05. The number of piperazine rings is 1. The lowest BCUT2D eigenvalue weighted by molar-refractivity contribution is 0.0944. The Hall–Kier alpha value is -2.20. The van der Waals surface area contributed by atoms with Crippen molar-refractivity contribution >= 4 is 17.5 Å². The van der Waals surface area contributed by atoms with Gasteiger partial charge in [0.25, 0.3) is 0 Å². The third-order valence-electron chi connectivity index (χ3n) is 4.36. The molecule has 0 bridgehead atoms. The molecule has 1 aromatic heterocycles. The predicted molar refractivity (Wildman–Crippen MR) is 83.1 cm³/mol. The monoisotopic (exact) mass is 300 g/mol. The predicted octanol–water partition coefficient (Wildman–Crippen LogP) is 0.391. The molecule has 3 rings (SSSR count). The molecule has 0 aromatic carbocycles. The van der Waals surface area contributed by atoms with Gasteiger partial charge >= 0.3 is 0 Å². The fourth-order valence-corrected chi connectivity index (χ4v) is 2.89. The van der Waals surface area contributed by atoms with E-state index in [1.54, 1.807) is 6.20 Å². The zero-order chi connectivity index (χ0) is 15.7. The third kappa shape index (κ3) is 2.50. The highest BCUT2D eigenvalue weighted by Gasteiger charge is 2.33. The van der Waals surface area contributed by atoms with Crippen LogP contribution in [0.2, 0.25) is 0 Å². The molecule has 0 radical (unpaired) electrons. The van der Waals surface area contributed by atoms with Crippen molar-refractivity contribution in [2.75, 3.05) is 56.1 Å². The molecule has 3 heterocycles. The molecule has 1 saturated heterocycles. The first kappa shape index (κ1) is 14.7. The largest absolute Gasteiger partial charge is 0.354 e. The molecule has 22 heavy (non-hydrogen) atoms. The van der Waals surface area contributed by atoms with Crippen molar-refractivity contribution < 1.29 is 4.79 Å². The first-order valence-corrected chi connectivity index (χ1v) is 7.63. The molecular formula is C15H20N6O. The lowest BCUT2D eigenvalue weighted by Gasteiger charge is -2.34. The van der Waals surface area contributed by atoms with Crippen molar-refractivity contribution in [3.8, 4) is 6.07 Å². The number of anilines is 2. The maximum absolute atomic E-state index is 12.3. The van der Waals surface area contributed by atoms with Crippen LogP contribution in [0.5, 0.6) is 0 Å². The van der Waals surface area contributed by atoms with Gasteiger partial charge in [-0.3, -0.25) is 4.79 Å². The number of Topliss-reactive ketones (excluding diaryl/α,β-unsaturated/α-hetero) is 1. The fraction of sp³-hybridized carbons (Fsp3) is 0.600. The van der Waals surface area contributed by atoms with Crippen LogP contribution in [0, 0.1) is 17.2 Å². The van der Waals surface area contributed by atoms with Gasteiger partial charge < -0.3 is 14.7 Å². The van der Waals surface area contributed by atoms with E-state index in [4.69, 9.17) is 5.26 Å². The summed E-state index contributed by atoms with van der Waals surface area (Å²) < 4.78 is 0. The highest BCUT2D eigenvalue weighted by atomic mass is 16.1. The molecule has 7 heteroatoms. The third-order valence-corrected chi connectivity index (χ3v) is 4.36. The molecule has 1 unspecified atom stereocenters. The summed E-state index contributed by atoms with van der Waals surface area (Å²) in [6.07, 6.45) is 1.59. The Bertz CT molecular complexity index is 617. The van der Waals surface area contributed by atoms with E-state index in [0.29, 0.717) is 23.9 Å². The van der Waals surface area contributed by atoms with E-state index in [1.807, 2.05) is 11.8 Å². The number of hydrogen-bond donors (Lipinski definition) is 0. The van der Waals surface area contributed by atoms with Crippen LogP contribution in [0.4, 0.5) is 11.8 Å². The van der Waals surface area contributed by atoms with Crippen LogP contribution in [0.3, 0.4) is 0 Å². The zero-order valence-corrected chi connectivity index (χ0v) is 13.0. The number of rotatable bonds is 2. The number of ketones is 1. The van der Waals surface area contributed by atoms with E-state index in [9.17, 15) is 4.79 Å². The Morgan fingerprint density at radius 1 is 1.36 bits per heavy atom. The number of likely N-dealkylation sites (N-methyl/N-ethyl adjacent to an activating group) is 1. The maximum Gasteiger partial charge on any atom is 0.227 e. The standard InChI is InChI=1S/C15H20N6O/c1-3-20-10-11(8-16)13(22)12-9-17-15(18-14(12)20)21-6-4-19(2)5-7-21/h9,11H,3-7,10H2,1-2H3. The topological polar surface area (TPSA) is 76.4 Å². The molecule has 0 saturated carbocycles. The lowest BCUT2D eigenvalue weighted by Crippen LogP contribution is -2.46. The summed E-state index contributed by atoms with van der Waals surface area (Å²) in [6.45, 7) is 6.87. The Kier molecular flexibility index (Phi) is 3.94. The summed E-state index contributed by atoms with van der Waals surface area (Å²) in [5, 5.41) is 9.13. The normalized spacial score (nSPS) is 22.4. The second-order valence-electron chi connectivity index (χ2n) is 5.78. The molecule has 0 N–H and O–H groups in total. The Morgan fingerprint density at radius 2 is 2.09 bits per heavy atom. The van der Waals surface area contributed by atoms with Gasteiger partial charge in [0.1, 0.15) is 11.7 Å². The summed E-state index contributed by atoms with van der Waals surface area (Å²) in [6, 6.07) is 2.08. The number of carbonyl (C=O) groups excluding carboxylic acids is 1. The second kappa shape index (κ2) is 5.89. The Morgan fingerprint density at radius 3 is 2.73 bits per heavy atom. The van der Waals surface area contributed by atoms with Crippen LogP contribution < -0.4 is 9.80 Å². The fourth-order valence-electron chi connectivity index (χ4n) is 2.89. The van der Waals surface area contributed by atoms with E-state index < -0.39 is 5.92 Å². The summed E-state index contributed by atoms with van der Waals surface area (Å²) in [7, 11) is 2.10. The maximum atomic E-state index is 12.3. The average molecular weight is 300 g/mol. The molecule has 0 amide bonds. The van der Waals surface area contributed by atoms with Gasteiger partial charge in [-0.05, 0) is 14.0 Å². The lowest BCUT2D eigenvalue weighted by atomic mass is 9.95. The van der Waals surface area contributed by atoms with Crippen molar-refractivity contribution in [3.05, 3.63) is 11.8 Å². The Balaban J connectivity index is 1.92. The number of fused-ring (bicyclic) bond motifs is 1. The molecule has 2 aliphatic heterocycles. The summed E-state index contributed by atoms with van der Waals surface area (Å²) in [4.78, 5) is 27.7. The van der Waals surface area contributed by atoms with Crippen molar-refractivity contribution in [2.45, 2.75) is 6.92 Å². The average Bonchev–Trinajstić information content (AvgIpc) is 2.55. The van der Waals surface area contributed by atoms with Gasteiger partial charge in [0.15, 0.2) is 5.78 Å². The van der Waals surface area contributed by atoms with E-state index in [1.165, 1.54) is 0 Å². The van der Waals surface area contributed by atoms with E-state index in [-0.39, 0.29) is 5.78 Å². The quantitative estimate of drug-likeness (QED) is 0.782. The Labute approximate surface area is 130 Å². The van der Waals surface area contributed by atoms with Crippen molar-refractivity contribution in [1.29, 1.82) is 5.26 Å². The van der Waals surface area contributed by atoms with Gasteiger partial charge in [-0.25, -0.2) is 4.98 Å². The van der Waals surface area contributed by atoms with Gasteiger partial charge in [-0.1, -0.05) is 0 Å². The first-order chi connectivity index (χ1) is 10.6. The minimum atomic E-state index is -0.620. The van der Waals surface area contributed by atoms with Gasteiger partial charge in [-0.2, -0.15) is 10.2 Å². The van der Waals surface area contributed by atoms with Crippen molar-refractivity contribution in [3.63, 3.8) is 0 Å². The smallest absolute Gasteiger partial charge is 0.227 e. The van der Waals surface area contributed by atoms with Crippen LogP contribution in [-0.2, 0) is 0 Å². The van der Waals surface area contributed by atoms with Crippen molar-refractivity contribution in [1.82, 2.24) is 14.9 Å². The van der Waals surface area contributed by atoms with Crippen molar-refractivity contribution in [2.24, 2.45) is 5.92 Å². The van der Waals surface area contributed by atoms with E-state index in [2.05, 4.69) is 32.9 Å². The number of carbonyl (C=O) groups is 1. The zero-order valence-electron chi connectivity index (χ0n) is 13.0. The van der Waals surface area contributed by atoms with Crippen LogP contribution in [0.15, 0.2) is 6.20 Å². The van der Waals surface area contributed by atoms with Crippen LogP contribution >= 0.6 is 0 Å². The van der Waals surface area contributed by atoms with Gasteiger partial charge in [0.05, 0.1) is 11.6 Å². The molecular weight excluding hydrogens is 280 g/mol. The van der Waals surface area contributed by atoms with Crippen LogP contribution in [-0.4, -0.2) is 67.0 Å². The van der Waals surface area contributed by atoms with Gasteiger partial charge in [0, 0.05) is 45.5 Å². The molecule has 1 fully saturated rings. The molecule has 1 atom stereocenters. The summed E-state index contributed by atoms with van der Waals surface area (Å²) in [5.74, 6) is 0.564. The van der Waals surface area contributed by atoms with Crippen LogP contribution in [0.1, 0.15) is 17.3 Å². The highest BCUT2D eigenvalue weighted by Crippen LogP contribution is 2.28. The minimum absolute atomic E-state index is 0.160. The number of nitriles is 1. The van der Waals surface area contributed by atoms with Gasteiger partial charge in [0.2, 0.25) is 5.95 Å². The minimum Gasteiger partial charge on any atom is -0.354 e. The van der Waals surface area contributed by atoms with Crippen LogP contribution in [0.25, 0.3) is 0 Å². The molecule has 1 aromatic rings. The van der Waals surface area contributed by atoms with Gasteiger partial charge in [-0.15, -0.1) is 0 Å². The van der Waals surface area contributed by atoms with E-state index >= 15 is 0 Å². The van der Waals surface area contributed by atoms with E-state index in [0.717, 1.165) is 32.7 Å². The first-order valence-electron chi connectivity index (χ1n) is 7.63. The summed E-state index contributed by atoms with van der Waals surface area (Å²) >= 11 is 0. The number of hydrogen-bond acceptors (Lipinski definition) is 7. The summed E-state index contributed by atoms with van der Waals surface area (Å²) in [5.41, 5.74) is 0.470. The molecule has 0 aliphatic carbocycles. The second-order valence-corrected chi connectivity index (χ2v) is 5.78. The molecule has 2 aliphatic rings. The molecule has 116 valence electrons. The molecule has 7 nitrogen and oxygen atoms in total. The number of aromatic nitrogens is 2. The SMILES string of the molecule is CCN1CC(C#N)C(=O)c2cnc(N3CCN(C)CC3)nc21. The molecule has 0 spiro atoms. The number of nitrogens with zero attached hydrogens (tertiary/aromatic N) is 6.